The molecule has 0 bridgehead atoms. The molecule has 0 amide bonds. The van der Waals surface area contributed by atoms with Gasteiger partial charge in [-0.25, -0.2) is 4.79 Å². The summed E-state index contributed by atoms with van der Waals surface area (Å²) in [6, 6.07) is 0. The Balaban J connectivity index is 4.20. The highest BCUT2D eigenvalue weighted by Gasteiger charge is 2.14. The van der Waals surface area contributed by atoms with E-state index in [1.54, 1.807) is 0 Å². The largest absolute Gasteiger partial charge is 0.395 e. The van der Waals surface area contributed by atoms with Gasteiger partial charge in [-0.3, -0.25) is 10.1 Å². The molecule has 5 nitrogen and oxygen atoms in total. The van der Waals surface area contributed by atoms with E-state index in [1.165, 1.54) is 5.94 Å². The van der Waals surface area contributed by atoms with Gasteiger partial charge in [-0.15, -0.1) is 0 Å². The summed E-state index contributed by atoms with van der Waals surface area (Å²) in [4.78, 5) is 19.2. The van der Waals surface area contributed by atoms with E-state index in [4.69, 9.17) is 5.11 Å². The van der Waals surface area contributed by atoms with Crippen molar-refractivity contribution in [3.8, 4) is 0 Å². The average Bonchev–Trinajstić information content (AvgIpc) is 1.98. The summed E-state index contributed by atoms with van der Waals surface area (Å²) in [5.41, 5.74) is -0.138. The molecule has 0 aromatic heterocycles. The van der Waals surface area contributed by atoms with Crippen molar-refractivity contribution in [3.05, 3.63) is 15.7 Å². The van der Waals surface area contributed by atoms with E-state index in [-0.39, 0.29) is 5.57 Å². The second-order valence-electron chi connectivity index (χ2n) is 1.82. The van der Waals surface area contributed by atoms with Crippen molar-refractivity contribution >= 4 is 18.6 Å². The first-order valence-corrected chi connectivity index (χ1v) is 3.28. The van der Waals surface area contributed by atoms with Crippen LogP contribution >= 0.6 is 12.6 Å². The summed E-state index contributed by atoms with van der Waals surface area (Å²) in [5, 5.41) is 17.5. The Labute approximate surface area is 68.3 Å². The second kappa shape index (κ2) is 4.90. The van der Waals surface area contributed by atoms with Gasteiger partial charge in [0.05, 0.1) is 17.4 Å². The van der Waals surface area contributed by atoms with Crippen LogP contribution < -0.4 is 0 Å². The Morgan fingerprint density at radius 2 is 2.36 bits per heavy atom. The molecule has 0 aromatic rings. The van der Waals surface area contributed by atoms with Gasteiger partial charge in [0.15, 0.2) is 0 Å². The topological polar surface area (TPSA) is 80.4 Å². The van der Waals surface area contributed by atoms with Gasteiger partial charge < -0.3 is 5.11 Å². The molecule has 0 spiro atoms. The molecule has 11 heavy (non-hydrogen) atoms. The van der Waals surface area contributed by atoms with Gasteiger partial charge in [-0.2, -0.15) is 12.6 Å². The molecule has 0 fully saturated rings. The smallest absolute Gasteiger partial charge is 0.236 e. The minimum atomic E-state index is -0.780. The number of nitrogens with zero attached hydrogens (tertiary/aromatic N) is 1. The van der Waals surface area contributed by atoms with Crippen LogP contribution in [0, 0.1) is 10.1 Å². The molecule has 1 atom stereocenters. The fourth-order valence-electron chi connectivity index (χ4n) is 0.455. The number of aliphatic hydroxyl groups excluding tert-OH is 1. The standard InChI is InChI=1S/C5H7NO4S/c7-2-4(1-6(9)10)5(11)3-8/h5,8,11H,1,3H2. The van der Waals surface area contributed by atoms with Crippen LogP contribution in [0.25, 0.3) is 0 Å². The third kappa shape index (κ3) is 3.77. The van der Waals surface area contributed by atoms with Gasteiger partial charge in [0.2, 0.25) is 6.54 Å². The maximum Gasteiger partial charge on any atom is 0.236 e. The molecule has 0 aliphatic heterocycles. The SMILES string of the molecule is O=C=C(C[N+](=O)[O-])C(S)CO. The molecule has 0 saturated heterocycles. The molecule has 1 N–H and O–H groups in total. The first-order valence-electron chi connectivity index (χ1n) is 2.76. The highest BCUT2D eigenvalue weighted by Crippen LogP contribution is 2.04. The molecule has 0 rings (SSSR count). The summed E-state index contributed by atoms with van der Waals surface area (Å²) in [7, 11) is 0. The molecule has 62 valence electrons. The number of hydrogen-bond acceptors (Lipinski definition) is 5. The van der Waals surface area contributed by atoms with Gasteiger partial charge in [0, 0.05) is 4.92 Å². The maximum absolute atomic E-state index is 10.0. The maximum atomic E-state index is 10.0. The van der Waals surface area contributed by atoms with E-state index in [9.17, 15) is 14.9 Å². The van der Waals surface area contributed by atoms with Crippen LogP contribution in [0.4, 0.5) is 0 Å². The lowest BCUT2D eigenvalue weighted by atomic mass is 10.2. The van der Waals surface area contributed by atoms with Crippen LogP contribution in [-0.2, 0) is 4.79 Å². The van der Waals surface area contributed by atoms with Crippen molar-refractivity contribution in [2.75, 3.05) is 13.2 Å². The predicted molar refractivity (Wildman–Crippen MR) is 40.9 cm³/mol. The van der Waals surface area contributed by atoms with Crippen molar-refractivity contribution in [2.45, 2.75) is 5.25 Å². The van der Waals surface area contributed by atoms with Gasteiger partial charge in [-0.05, 0) is 0 Å². The summed E-state index contributed by atoms with van der Waals surface area (Å²) in [6.07, 6.45) is 0. The van der Waals surface area contributed by atoms with Crippen LogP contribution in [0.2, 0.25) is 0 Å². The third-order valence-electron chi connectivity index (χ3n) is 1.01. The minimum Gasteiger partial charge on any atom is -0.395 e. The zero-order chi connectivity index (χ0) is 8.85. The molecule has 0 heterocycles. The monoisotopic (exact) mass is 177 g/mol. The molecule has 0 saturated carbocycles. The zero-order valence-corrected chi connectivity index (χ0v) is 6.45. The molecular formula is C5H7NO4S. The van der Waals surface area contributed by atoms with Gasteiger partial charge in [-0.1, -0.05) is 0 Å². The highest BCUT2D eigenvalue weighted by atomic mass is 32.1. The van der Waals surface area contributed by atoms with E-state index >= 15 is 0 Å². The Morgan fingerprint density at radius 3 is 2.64 bits per heavy atom. The van der Waals surface area contributed by atoms with Crippen molar-refractivity contribution in [3.63, 3.8) is 0 Å². The van der Waals surface area contributed by atoms with Gasteiger partial charge >= 0.3 is 0 Å². The number of thiol groups is 1. The van der Waals surface area contributed by atoms with Crippen LogP contribution in [0.15, 0.2) is 5.57 Å². The lowest BCUT2D eigenvalue weighted by molar-refractivity contribution is -0.470. The fraction of sp³-hybridized carbons (Fsp3) is 0.600. The summed E-state index contributed by atoms with van der Waals surface area (Å²) >= 11 is 3.73. The lowest BCUT2D eigenvalue weighted by Gasteiger charge is -2.02. The zero-order valence-electron chi connectivity index (χ0n) is 5.56. The number of hydrogen-bond donors (Lipinski definition) is 2. The van der Waals surface area contributed by atoms with Crippen LogP contribution in [0.1, 0.15) is 0 Å². The Hall–Kier alpha value is -0.840. The van der Waals surface area contributed by atoms with E-state index in [2.05, 4.69) is 12.6 Å². The second-order valence-corrected chi connectivity index (χ2v) is 2.44. The molecule has 0 aliphatic carbocycles. The van der Waals surface area contributed by atoms with Crippen molar-refractivity contribution < 1.29 is 14.8 Å². The average molecular weight is 177 g/mol. The van der Waals surface area contributed by atoms with Crippen LogP contribution in [0.5, 0.6) is 0 Å². The van der Waals surface area contributed by atoms with E-state index < -0.39 is 23.3 Å². The van der Waals surface area contributed by atoms with Crippen LogP contribution in [-0.4, -0.2) is 34.4 Å². The predicted octanol–water partition coefficient (Wildman–Crippen LogP) is -0.688. The molecule has 6 heteroatoms. The van der Waals surface area contributed by atoms with Gasteiger partial charge in [0.25, 0.3) is 0 Å². The number of nitro groups is 1. The van der Waals surface area contributed by atoms with Gasteiger partial charge in [0.1, 0.15) is 5.94 Å². The van der Waals surface area contributed by atoms with Crippen molar-refractivity contribution in [1.29, 1.82) is 0 Å². The highest BCUT2D eigenvalue weighted by molar-refractivity contribution is 7.81. The Kier molecular flexibility index (Phi) is 4.52. The third-order valence-corrected chi connectivity index (χ3v) is 1.48. The quantitative estimate of drug-likeness (QED) is 0.258. The van der Waals surface area contributed by atoms with Crippen molar-refractivity contribution in [1.82, 2.24) is 0 Å². The van der Waals surface area contributed by atoms with E-state index in [0.717, 1.165) is 0 Å². The first kappa shape index (κ1) is 10.2. The molecule has 0 aromatic carbocycles. The minimum absolute atomic E-state index is 0.138. The van der Waals surface area contributed by atoms with E-state index in [0.29, 0.717) is 0 Å². The first-order chi connectivity index (χ1) is 5.11. The Morgan fingerprint density at radius 1 is 1.82 bits per heavy atom. The molecular weight excluding hydrogens is 170 g/mol. The molecule has 1 unspecified atom stereocenters. The lowest BCUT2D eigenvalue weighted by Crippen LogP contribution is -2.17. The molecule has 0 radical (unpaired) electrons. The Bertz CT molecular complexity index is 199. The number of aliphatic hydroxyl groups is 1. The van der Waals surface area contributed by atoms with Crippen LogP contribution in [0.3, 0.4) is 0 Å². The summed E-state index contributed by atoms with van der Waals surface area (Å²) in [5.74, 6) is 1.37. The van der Waals surface area contributed by atoms with Crippen molar-refractivity contribution in [2.24, 2.45) is 0 Å². The normalized spacial score (nSPS) is 11.8. The number of carbonyl (C=O) groups excluding carboxylic acids is 1. The van der Waals surface area contributed by atoms with E-state index in [1.807, 2.05) is 0 Å². The summed E-state index contributed by atoms with van der Waals surface area (Å²) < 4.78 is 0. The molecule has 0 aliphatic rings. The number of rotatable bonds is 4. The summed E-state index contributed by atoms with van der Waals surface area (Å²) in [6.45, 7) is -1.01. The fourth-order valence-corrected chi connectivity index (χ4v) is 0.589.